The number of fused-ring (bicyclic) bond motifs is 5. The van der Waals surface area contributed by atoms with Gasteiger partial charge in [0.1, 0.15) is 29.2 Å². The van der Waals surface area contributed by atoms with Crippen molar-refractivity contribution in [1.29, 1.82) is 0 Å². The average molecular weight is 669 g/mol. The van der Waals surface area contributed by atoms with Crippen LogP contribution in [0.25, 0.3) is 11.0 Å². The van der Waals surface area contributed by atoms with Crippen molar-refractivity contribution in [1.82, 2.24) is 20.2 Å². The van der Waals surface area contributed by atoms with Gasteiger partial charge in [0.25, 0.3) is 0 Å². The molecule has 2 aromatic rings. The number of esters is 1. The molecule has 3 aliphatic rings. The summed E-state index contributed by atoms with van der Waals surface area (Å²) in [6.45, 7) is 15.6. The van der Waals surface area contributed by atoms with Crippen molar-refractivity contribution in [3.8, 4) is 11.6 Å². The Kier molecular flexibility index (Phi) is 10.9. The van der Waals surface area contributed by atoms with Crippen LogP contribution in [-0.2, 0) is 25.5 Å². The minimum Gasteiger partial charge on any atom is -0.497 e. The highest BCUT2D eigenvalue weighted by Crippen LogP contribution is 2.40. The highest BCUT2D eigenvalue weighted by molar-refractivity contribution is 5.89. The summed E-state index contributed by atoms with van der Waals surface area (Å²) in [7, 11) is 1.62. The lowest BCUT2D eigenvalue weighted by atomic mass is 9.85. The topological polar surface area (TPSA) is 132 Å². The molecule has 2 N–H and O–H groups in total. The predicted octanol–water partition coefficient (Wildman–Crippen LogP) is 5.40. The maximum absolute atomic E-state index is 14.7. The summed E-state index contributed by atoms with van der Waals surface area (Å²) in [5.74, 6) is 0.503. The highest BCUT2D eigenvalue weighted by atomic mass is 16.6. The third-order valence-electron chi connectivity index (χ3n) is 9.51. The molecule has 1 amide bonds. The molecule has 11 nitrogen and oxygen atoms in total. The molecular formula is C37H56N4O7. The first-order valence-electron chi connectivity index (χ1n) is 17.7. The van der Waals surface area contributed by atoms with Crippen molar-refractivity contribution < 1.29 is 33.6 Å². The molecule has 5 rings (SSSR count). The number of carbonyl (C=O) groups excluding carboxylic acids is 2. The molecule has 2 bridgehead atoms. The van der Waals surface area contributed by atoms with E-state index in [2.05, 4.69) is 19.2 Å². The molecule has 48 heavy (non-hydrogen) atoms. The van der Waals surface area contributed by atoms with Gasteiger partial charge in [-0.3, -0.25) is 10.1 Å². The molecule has 1 saturated heterocycles. The molecule has 1 aromatic carbocycles. The minimum absolute atomic E-state index is 0.0495. The Morgan fingerprint density at radius 3 is 2.50 bits per heavy atom. The van der Waals surface area contributed by atoms with Gasteiger partial charge < -0.3 is 29.0 Å². The van der Waals surface area contributed by atoms with Crippen molar-refractivity contribution in [3.63, 3.8) is 0 Å². The van der Waals surface area contributed by atoms with Crippen molar-refractivity contribution in [3.05, 3.63) is 23.9 Å². The maximum atomic E-state index is 14.7. The zero-order valence-electron chi connectivity index (χ0n) is 30.2. The first-order chi connectivity index (χ1) is 22.5. The second kappa shape index (κ2) is 14.5. The molecule has 3 heterocycles. The van der Waals surface area contributed by atoms with Gasteiger partial charge in [0.15, 0.2) is 0 Å². The van der Waals surface area contributed by atoms with E-state index in [1.165, 1.54) is 0 Å². The number of aromatic nitrogens is 2. The number of aliphatic hydroxyl groups excluding tert-OH is 1. The number of benzene rings is 1. The van der Waals surface area contributed by atoms with Gasteiger partial charge in [0.2, 0.25) is 18.2 Å². The van der Waals surface area contributed by atoms with Gasteiger partial charge in [-0.15, -0.1) is 0 Å². The van der Waals surface area contributed by atoms with E-state index in [-0.39, 0.29) is 30.4 Å². The van der Waals surface area contributed by atoms with Crippen molar-refractivity contribution in [2.45, 2.75) is 137 Å². The van der Waals surface area contributed by atoms with Crippen LogP contribution in [0.3, 0.4) is 0 Å². The summed E-state index contributed by atoms with van der Waals surface area (Å²) >= 11 is 0. The van der Waals surface area contributed by atoms with E-state index >= 15 is 0 Å². The molecule has 1 unspecified atom stereocenters. The molecule has 1 aromatic heterocycles. The van der Waals surface area contributed by atoms with Crippen LogP contribution in [0.4, 0.5) is 0 Å². The van der Waals surface area contributed by atoms with Gasteiger partial charge in [-0.1, -0.05) is 47.5 Å². The Bertz CT molecular complexity index is 1450. The molecule has 7 atom stereocenters. The van der Waals surface area contributed by atoms with Crippen molar-refractivity contribution in [2.24, 2.45) is 23.2 Å². The fraction of sp³-hybridized carbons (Fsp3) is 0.730. The number of rotatable bonds is 4. The summed E-state index contributed by atoms with van der Waals surface area (Å²) < 4.78 is 24.3. The molecule has 2 fully saturated rings. The molecule has 1 saturated carbocycles. The number of ether oxygens (including phenoxy) is 4. The lowest BCUT2D eigenvalue weighted by Crippen LogP contribution is -2.59. The molecular weight excluding hydrogens is 612 g/mol. The van der Waals surface area contributed by atoms with Crippen molar-refractivity contribution >= 4 is 22.9 Å². The lowest BCUT2D eigenvalue weighted by Gasteiger charge is -2.37. The Labute approximate surface area is 285 Å². The Morgan fingerprint density at radius 2 is 1.83 bits per heavy atom. The van der Waals surface area contributed by atoms with Gasteiger partial charge in [-0.2, -0.15) is 0 Å². The van der Waals surface area contributed by atoms with E-state index in [1.807, 2.05) is 59.7 Å². The molecule has 0 spiro atoms. The van der Waals surface area contributed by atoms with Gasteiger partial charge >= 0.3 is 5.97 Å². The summed E-state index contributed by atoms with van der Waals surface area (Å²) in [5.41, 5.74) is 0.787. The first-order valence-corrected chi connectivity index (χ1v) is 17.7. The summed E-state index contributed by atoms with van der Waals surface area (Å²) in [6, 6.07) is 3.87. The van der Waals surface area contributed by atoms with Gasteiger partial charge in [-0.05, 0) is 82.3 Å². The number of nitrogens with one attached hydrogen (secondary N) is 1. The quantitative estimate of drug-likeness (QED) is 0.408. The fourth-order valence-corrected chi connectivity index (χ4v) is 7.07. The summed E-state index contributed by atoms with van der Waals surface area (Å²) in [4.78, 5) is 40.4. The van der Waals surface area contributed by atoms with E-state index in [4.69, 9.17) is 28.9 Å². The van der Waals surface area contributed by atoms with Crippen LogP contribution < -0.4 is 14.8 Å². The Hall–Kier alpha value is -3.02. The van der Waals surface area contributed by atoms with Gasteiger partial charge in [0.05, 0.1) is 36.8 Å². The zero-order chi connectivity index (χ0) is 35.0. The Balaban J connectivity index is 1.60. The van der Waals surface area contributed by atoms with Crippen LogP contribution in [0.5, 0.6) is 11.6 Å². The van der Waals surface area contributed by atoms with Gasteiger partial charge in [0, 0.05) is 12.0 Å². The first kappa shape index (κ1) is 36.3. The number of aliphatic hydroxyl groups is 1. The van der Waals surface area contributed by atoms with E-state index in [0.717, 1.165) is 43.3 Å². The third-order valence-corrected chi connectivity index (χ3v) is 9.51. The van der Waals surface area contributed by atoms with E-state index in [9.17, 15) is 14.7 Å². The number of methoxy groups -OCH3 is 1. The summed E-state index contributed by atoms with van der Waals surface area (Å²) in [5, 5.41) is 14.1. The SMILES string of the molecule is COc1ccc2nc3c(nc2c1)O[C@H]1CN(C(=O)[C@H](C(C)(C)C)NC(O)O[C@@H]2C[C@H]2CCCCC3)[C@H](C(=O)OC(C)(C)C)[C@@H]1CC(C)C. The molecule has 266 valence electrons. The predicted molar refractivity (Wildman–Crippen MR) is 182 cm³/mol. The zero-order valence-corrected chi connectivity index (χ0v) is 30.2. The second-order valence-corrected chi connectivity index (χ2v) is 16.3. The fourth-order valence-electron chi connectivity index (χ4n) is 7.07. The van der Waals surface area contributed by atoms with Gasteiger partial charge in [-0.25, -0.2) is 14.8 Å². The molecule has 2 aliphatic heterocycles. The normalized spacial score (nSPS) is 29.0. The highest BCUT2D eigenvalue weighted by Gasteiger charge is 2.53. The van der Waals surface area contributed by atoms with Crippen LogP contribution in [0.1, 0.15) is 99.6 Å². The number of carbonyl (C=O) groups is 2. The molecule has 11 heteroatoms. The number of hydrogen-bond donors (Lipinski definition) is 2. The monoisotopic (exact) mass is 668 g/mol. The van der Waals surface area contributed by atoms with Crippen molar-refractivity contribution in [2.75, 3.05) is 13.7 Å². The third kappa shape index (κ3) is 8.76. The molecule has 0 radical (unpaired) electrons. The smallest absolute Gasteiger partial charge is 0.329 e. The summed E-state index contributed by atoms with van der Waals surface area (Å²) in [6.07, 6.45) is 4.23. The van der Waals surface area contributed by atoms with E-state index in [0.29, 0.717) is 35.9 Å². The molecule has 1 aliphatic carbocycles. The number of hydrogen-bond acceptors (Lipinski definition) is 10. The minimum atomic E-state index is -1.32. The van der Waals surface area contributed by atoms with Crippen LogP contribution in [-0.4, -0.2) is 81.8 Å². The number of nitrogens with zero attached hydrogens (tertiary/aromatic N) is 3. The standard InChI is InChI=1S/C37H56N4O7/c1-21(2)17-24-29-20-41(30(24)34(43)48-37(6,7)8)33(42)31(36(3,4)5)40-35(44)47-28-18-22(28)13-11-10-12-14-26-32(46-29)39-27-19-23(45-9)15-16-25(27)38-26/h15-16,19,21-22,24,28-31,35,40,44H,10-14,17-18,20H2,1-9H3/t22-,24-,28-,29+,30+,31-,35?/m1/s1. The Morgan fingerprint density at radius 1 is 1.08 bits per heavy atom. The average Bonchev–Trinajstić information content (AvgIpc) is 3.62. The second-order valence-electron chi connectivity index (χ2n) is 16.3. The van der Waals surface area contributed by atoms with Crippen LogP contribution in [0, 0.1) is 23.2 Å². The maximum Gasteiger partial charge on any atom is 0.329 e. The number of amides is 1. The van der Waals surface area contributed by atoms with Crippen LogP contribution in [0.2, 0.25) is 0 Å². The largest absolute Gasteiger partial charge is 0.497 e. The van der Waals surface area contributed by atoms with Crippen LogP contribution >= 0.6 is 0 Å². The lowest BCUT2D eigenvalue weighted by molar-refractivity contribution is -0.169. The van der Waals surface area contributed by atoms with E-state index in [1.54, 1.807) is 12.0 Å². The number of aryl methyl sites for hydroxylation is 1. The van der Waals surface area contributed by atoms with Crippen LogP contribution in [0.15, 0.2) is 18.2 Å². The van der Waals surface area contributed by atoms with E-state index < -0.39 is 41.6 Å².